The highest BCUT2D eigenvalue weighted by molar-refractivity contribution is 5.79. The number of guanidine groups is 1. The van der Waals surface area contributed by atoms with Crippen molar-refractivity contribution < 1.29 is 18.9 Å². The summed E-state index contributed by atoms with van der Waals surface area (Å²) in [5.41, 5.74) is 2.20. The van der Waals surface area contributed by atoms with Crippen LogP contribution in [0.3, 0.4) is 0 Å². The van der Waals surface area contributed by atoms with Gasteiger partial charge in [-0.15, -0.1) is 0 Å². The van der Waals surface area contributed by atoms with Crippen LogP contribution in [0.25, 0.3) is 0 Å². The monoisotopic (exact) mass is 411 g/mol. The number of fused-ring (bicyclic) bond motifs is 1. The average Bonchev–Trinajstić information content (AvgIpc) is 3.45. The maximum absolute atomic E-state index is 6.19. The Morgan fingerprint density at radius 2 is 1.67 bits per heavy atom. The lowest BCUT2D eigenvalue weighted by Crippen LogP contribution is -2.36. The van der Waals surface area contributed by atoms with Crippen molar-refractivity contribution in [2.45, 2.75) is 44.9 Å². The highest BCUT2D eigenvalue weighted by Crippen LogP contribution is 2.33. The molecule has 0 spiro atoms. The van der Waals surface area contributed by atoms with E-state index in [4.69, 9.17) is 18.9 Å². The quantitative estimate of drug-likeness (QED) is 0.536. The summed E-state index contributed by atoms with van der Waals surface area (Å²) in [5.74, 6) is 3.88. The van der Waals surface area contributed by atoms with Crippen LogP contribution >= 0.6 is 0 Å². The molecule has 2 aromatic rings. The number of hydrogen-bond acceptors (Lipinski definition) is 5. The van der Waals surface area contributed by atoms with Gasteiger partial charge in [0.2, 0.25) is 6.79 Å². The van der Waals surface area contributed by atoms with Gasteiger partial charge in [0.15, 0.2) is 29.0 Å². The lowest BCUT2D eigenvalue weighted by molar-refractivity contribution is 0.174. The average molecular weight is 412 g/mol. The Morgan fingerprint density at radius 1 is 0.967 bits per heavy atom. The molecular weight excluding hydrogens is 382 g/mol. The molecule has 1 aliphatic carbocycles. The van der Waals surface area contributed by atoms with Crippen LogP contribution in [0.1, 0.15) is 36.8 Å². The van der Waals surface area contributed by atoms with Gasteiger partial charge in [0.25, 0.3) is 0 Å². The van der Waals surface area contributed by atoms with E-state index in [2.05, 4.69) is 21.7 Å². The zero-order chi connectivity index (χ0) is 20.8. The largest absolute Gasteiger partial charge is 0.493 e. The zero-order valence-corrected chi connectivity index (χ0v) is 17.6. The first-order valence-corrected chi connectivity index (χ1v) is 10.4. The first kappa shape index (κ1) is 20.2. The van der Waals surface area contributed by atoms with Crippen molar-refractivity contribution in [3.63, 3.8) is 0 Å². The van der Waals surface area contributed by atoms with Crippen molar-refractivity contribution in [1.29, 1.82) is 0 Å². The van der Waals surface area contributed by atoms with Crippen molar-refractivity contribution in [2.24, 2.45) is 4.99 Å². The molecule has 1 aliphatic heterocycles. The fourth-order valence-electron chi connectivity index (χ4n) is 3.75. The number of ether oxygens (including phenoxy) is 4. The highest BCUT2D eigenvalue weighted by atomic mass is 16.7. The Labute approximate surface area is 177 Å². The Kier molecular flexibility index (Phi) is 6.47. The molecule has 1 fully saturated rings. The maximum Gasteiger partial charge on any atom is 0.231 e. The first-order chi connectivity index (χ1) is 14.7. The van der Waals surface area contributed by atoms with Crippen molar-refractivity contribution in [1.82, 2.24) is 10.6 Å². The number of rotatable bonds is 7. The number of nitrogens with one attached hydrogen (secondary N) is 2. The van der Waals surface area contributed by atoms with Crippen molar-refractivity contribution in [2.75, 3.05) is 21.0 Å². The SMILES string of the molecule is CN=C(NCc1ccc2c(c1)OCO2)NCc1ccc(OC)c(OC2CCCC2)c1. The minimum atomic E-state index is 0.281. The van der Waals surface area contributed by atoms with E-state index in [0.29, 0.717) is 19.2 Å². The molecule has 0 bridgehead atoms. The zero-order valence-electron chi connectivity index (χ0n) is 17.6. The smallest absolute Gasteiger partial charge is 0.231 e. The van der Waals surface area contributed by atoms with E-state index in [0.717, 1.165) is 52.9 Å². The summed E-state index contributed by atoms with van der Waals surface area (Å²) < 4.78 is 22.5. The van der Waals surface area contributed by atoms with Crippen molar-refractivity contribution in [3.8, 4) is 23.0 Å². The van der Waals surface area contributed by atoms with Gasteiger partial charge in [-0.05, 0) is 61.1 Å². The Hall–Kier alpha value is -3.09. The molecular formula is C23H29N3O4. The van der Waals surface area contributed by atoms with Gasteiger partial charge in [0.05, 0.1) is 13.2 Å². The summed E-state index contributed by atoms with van der Waals surface area (Å²) in [6.07, 6.45) is 4.99. The highest BCUT2D eigenvalue weighted by Gasteiger charge is 2.19. The van der Waals surface area contributed by atoms with Crippen LogP contribution in [-0.4, -0.2) is 33.0 Å². The standard InChI is InChI=1S/C23H29N3O4/c1-24-23(25-13-16-8-10-20-21(11-16)29-15-28-20)26-14-17-7-9-19(27-2)22(12-17)30-18-5-3-4-6-18/h7-12,18H,3-6,13-15H2,1-2H3,(H2,24,25,26). The summed E-state index contributed by atoms with van der Waals surface area (Å²) in [5, 5.41) is 6.68. The summed E-state index contributed by atoms with van der Waals surface area (Å²) in [4.78, 5) is 4.31. The van der Waals surface area contributed by atoms with E-state index >= 15 is 0 Å². The normalized spacial score (nSPS) is 15.9. The molecule has 0 radical (unpaired) electrons. The Morgan fingerprint density at radius 3 is 2.40 bits per heavy atom. The molecule has 4 rings (SSSR count). The predicted octanol–water partition coefficient (Wildman–Crippen LogP) is 3.61. The fourth-order valence-corrected chi connectivity index (χ4v) is 3.75. The number of nitrogens with zero attached hydrogens (tertiary/aromatic N) is 1. The van der Waals surface area contributed by atoms with E-state index in [1.165, 1.54) is 12.8 Å². The molecule has 0 unspecified atom stereocenters. The lowest BCUT2D eigenvalue weighted by Gasteiger charge is -2.17. The van der Waals surface area contributed by atoms with Gasteiger partial charge < -0.3 is 29.6 Å². The molecule has 1 saturated carbocycles. The molecule has 2 N–H and O–H groups in total. The molecule has 0 amide bonds. The number of benzene rings is 2. The minimum Gasteiger partial charge on any atom is -0.493 e. The number of hydrogen-bond donors (Lipinski definition) is 2. The van der Waals surface area contributed by atoms with Gasteiger partial charge in [-0.25, -0.2) is 0 Å². The molecule has 0 atom stereocenters. The van der Waals surface area contributed by atoms with Gasteiger partial charge in [0.1, 0.15) is 0 Å². The van der Waals surface area contributed by atoms with E-state index < -0.39 is 0 Å². The van der Waals surface area contributed by atoms with E-state index in [1.54, 1.807) is 14.2 Å². The third-order valence-corrected chi connectivity index (χ3v) is 5.40. The summed E-state index contributed by atoms with van der Waals surface area (Å²) >= 11 is 0. The summed E-state index contributed by atoms with van der Waals surface area (Å²) in [6, 6.07) is 12.0. The molecule has 30 heavy (non-hydrogen) atoms. The van der Waals surface area contributed by atoms with Gasteiger partial charge in [-0.2, -0.15) is 0 Å². The van der Waals surface area contributed by atoms with Crippen LogP contribution in [0.2, 0.25) is 0 Å². The third-order valence-electron chi connectivity index (χ3n) is 5.40. The topological polar surface area (TPSA) is 73.3 Å². The summed E-state index contributed by atoms with van der Waals surface area (Å²) in [7, 11) is 3.44. The van der Waals surface area contributed by atoms with Crippen LogP contribution in [0.5, 0.6) is 23.0 Å². The molecule has 7 heteroatoms. The molecule has 2 aliphatic rings. The second-order valence-electron chi connectivity index (χ2n) is 7.48. The van der Waals surface area contributed by atoms with E-state index in [1.807, 2.05) is 30.3 Å². The number of aliphatic imine (C=N–C) groups is 1. The summed E-state index contributed by atoms with van der Waals surface area (Å²) in [6.45, 7) is 1.55. The van der Waals surface area contributed by atoms with Crippen LogP contribution in [0.15, 0.2) is 41.4 Å². The van der Waals surface area contributed by atoms with Crippen molar-refractivity contribution in [3.05, 3.63) is 47.5 Å². The van der Waals surface area contributed by atoms with Gasteiger partial charge >= 0.3 is 0 Å². The third kappa shape index (κ3) is 4.90. The fraction of sp³-hybridized carbons (Fsp3) is 0.435. The second-order valence-corrected chi connectivity index (χ2v) is 7.48. The Bertz CT molecular complexity index is 894. The lowest BCUT2D eigenvalue weighted by atomic mass is 10.2. The van der Waals surface area contributed by atoms with Crippen LogP contribution < -0.4 is 29.6 Å². The van der Waals surface area contributed by atoms with E-state index in [-0.39, 0.29) is 6.79 Å². The Balaban J connectivity index is 1.33. The molecule has 160 valence electrons. The van der Waals surface area contributed by atoms with Crippen LogP contribution in [-0.2, 0) is 13.1 Å². The van der Waals surface area contributed by atoms with Crippen LogP contribution in [0, 0.1) is 0 Å². The first-order valence-electron chi connectivity index (χ1n) is 10.4. The minimum absolute atomic E-state index is 0.281. The molecule has 0 saturated heterocycles. The van der Waals surface area contributed by atoms with E-state index in [9.17, 15) is 0 Å². The molecule has 1 heterocycles. The van der Waals surface area contributed by atoms with Gasteiger partial charge in [-0.1, -0.05) is 12.1 Å². The second kappa shape index (κ2) is 9.61. The molecule has 0 aromatic heterocycles. The predicted molar refractivity (Wildman–Crippen MR) is 115 cm³/mol. The number of methoxy groups -OCH3 is 1. The molecule has 2 aromatic carbocycles. The molecule has 7 nitrogen and oxygen atoms in total. The van der Waals surface area contributed by atoms with Gasteiger partial charge in [-0.3, -0.25) is 4.99 Å². The maximum atomic E-state index is 6.19. The van der Waals surface area contributed by atoms with Gasteiger partial charge in [0, 0.05) is 20.1 Å². The van der Waals surface area contributed by atoms with Crippen LogP contribution in [0.4, 0.5) is 0 Å². The van der Waals surface area contributed by atoms with Crippen molar-refractivity contribution >= 4 is 5.96 Å².